The molecule has 0 saturated carbocycles. The van der Waals surface area contributed by atoms with E-state index in [0.717, 1.165) is 42.7 Å². The van der Waals surface area contributed by atoms with Crippen LogP contribution in [0.2, 0.25) is 0 Å². The van der Waals surface area contributed by atoms with Gasteiger partial charge in [0.05, 0.1) is 11.4 Å². The van der Waals surface area contributed by atoms with Gasteiger partial charge in [0.15, 0.2) is 5.16 Å². The number of aromatic nitrogens is 3. The number of piperidine rings is 1. The van der Waals surface area contributed by atoms with Crippen LogP contribution in [0.15, 0.2) is 35.5 Å². The van der Waals surface area contributed by atoms with Crippen LogP contribution in [-0.2, 0) is 4.79 Å². The molecule has 1 aromatic carbocycles. The summed E-state index contributed by atoms with van der Waals surface area (Å²) in [4.78, 5) is 14.6. The minimum absolute atomic E-state index is 0.0517. The van der Waals surface area contributed by atoms with Crippen molar-refractivity contribution in [2.45, 2.75) is 57.1 Å². The molecule has 0 aliphatic carbocycles. The highest BCUT2D eigenvalue weighted by Gasteiger charge is 2.22. The van der Waals surface area contributed by atoms with Crippen molar-refractivity contribution in [3.8, 4) is 5.69 Å². The summed E-state index contributed by atoms with van der Waals surface area (Å²) in [5.74, 6) is 1.28. The van der Waals surface area contributed by atoms with Crippen LogP contribution in [0.4, 0.5) is 5.95 Å². The molecule has 2 heterocycles. The van der Waals surface area contributed by atoms with Crippen molar-refractivity contribution in [1.82, 2.24) is 20.1 Å². The fourth-order valence-corrected chi connectivity index (χ4v) is 4.11. The molecule has 1 aliphatic rings. The molecule has 1 aromatic heterocycles. The molecule has 3 rings (SSSR count). The van der Waals surface area contributed by atoms with Gasteiger partial charge in [0.25, 0.3) is 0 Å². The number of thioether (sulfide) groups is 1. The van der Waals surface area contributed by atoms with E-state index in [-0.39, 0.29) is 11.9 Å². The molecule has 6 nitrogen and oxygen atoms in total. The summed E-state index contributed by atoms with van der Waals surface area (Å²) in [6.45, 7) is 6.20. The van der Waals surface area contributed by atoms with Crippen LogP contribution in [0, 0.1) is 0 Å². The van der Waals surface area contributed by atoms with Crippen LogP contribution in [0.3, 0.4) is 0 Å². The van der Waals surface area contributed by atoms with Crippen LogP contribution in [0.1, 0.15) is 46.0 Å². The number of para-hydroxylation sites is 1. The van der Waals surface area contributed by atoms with Crippen LogP contribution >= 0.6 is 11.8 Å². The maximum Gasteiger partial charge on any atom is 0.232 e. The Morgan fingerprint density at radius 3 is 2.48 bits per heavy atom. The minimum atomic E-state index is 0.0517. The van der Waals surface area contributed by atoms with E-state index in [0.29, 0.717) is 5.75 Å². The molecule has 146 valence electrons. The number of hydrogen-bond acceptors (Lipinski definition) is 5. The smallest absolute Gasteiger partial charge is 0.232 e. The van der Waals surface area contributed by atoms with Gasteiger partial charge < -0.3 is 10.2 Å². The highest BCUT2D eigenvalue weighted by Crippen LogP contribution is 2.28. The maximum absolute atomic E-state index is 12.3. The second-order valence-electron chi connectivity index (χ2n) is 6.87. The molecule has 1 saturated heterocycles. The van der Waals surface area contributed by atoms with E-state index in [1.807, 2.05) is 18.2 Å². The van der Waals surface area contributed by atoms with Crippen LogP contribution in [0.5, 0.6) is 0 Å². The van der Waals surface area contributed by atoms with Crippen LogP contribution in [0.25, 0.3) is 5.69 Å². The average Bonchev–Trinajstić information content (AvgIpc) is 3.15. The number of nitrogens with zero attached hydrogens (tertiary/aromatic N) is 4. The summed E-state index contributed by atoms with van der Waals surface area (Å²) in [7, 11) is 0. The van der Waals surface area contributed by atoms with Crippen molar-refractivity contribution in [1.29, 1.82) is 0 Å². The van der Waals surface area contributed by atoms with E-state index in [4.69, 9.17) is 0 Å². The number of anilines is 1. The first-order valence-corrected chi connectivity index (χ1v) is 10.9. The first-order chi connectivity index (χ1) is 13.2. The van der Waals surface area contributed by atoms with Crippen LogP contribution in [-0.4, -0.2) is 45.6 Å². The Morgan fingerprint density at radius 2 is 1.81 bits per heavy atom. The number of amides is 1. The van der Waals surface area contributed by atoms with Gasteiger partial charge in [-0.05, 0) is 44.2 Å². The van der Waals surface area contributed by atoms with Gasteiger partial charge in [0, 0.05) is 19.1 Å². The van der Waals surface area contributed by atoms with Crippen molar-refractivity contribution >= 4 is 23.6 Å². The fourth-order valence-electron chi connectivity index (χ4n) is 3.35. The SMILES string of the molecule is CCC(CC)NC(=O)CSc1nnc(N2CCCCC2)n1-c1ccccc1. The summed E-state index contributed by atoms with van der Waals surface area (Å²) < 4.78 is 2.08. The molecule has 0 unspecified atom stereocenters. The average molecular weight is 388 g/mol. The number of hydrogen-bond donors (Lipinski definition) is 1. The van der Waals surface area contributed by atoms with Crippen molar-refractivity contribution in [2.75, 3.05) is 23.7 Å². The molecule has 1 aliphatic heterocycles. The highest BCUT2D eigenvalue weighted by molar-refractivity contribution is 7.99. The van der Waals surface area contributed by atoms with E-state index in [2.05, 4.69) is 51.0 Å². The zero-order chi connectivity index (χ0) is 19.1. The molecule has 0 bridgehead atoms. The Morgan fingerprint density at radius 1 is 1.11 bits per heavy atom. The summed E-state index contributed by atoms with van der Waals surface area (Å²) in [5, 5.41) is 12.7. The van der Waals surface area contributed by atoms with Gasteiger partial charge in [-0.15, -0.1) is 10.2 Å². The Labute approximate surface area is 165 Å². The fraction of sp³-hybridized carbons (Fsp3) is 0.550. The molecule has 2 aromatic rings. The number of carbonyl (C=O) groups is 1. The number of benzene rings is 1. The van der Waals surface area contributed by atoms with Gasteiger partial charge in [0.1, 0.15) is 0 Å². The molecule has 1 N–H and O–H groups in total. The zero-order valence-corrected chi connectivity index (χ0v) is 17.0. The first-order valence-electron chi connectivity index (χ1n) is 9.90. The van der Waals surface area contributed by atoms with Crippen molar-refractivity contribution in [2.24, 2.45) is 0 Å². The lowest BCUT2D eigenvalue weighted by Crippen LogP contribution is -2.35. The van der Waals surface area contributed by atoms with Crippen molar-refractivity contribution in [3.05, 3.63) is 30.3 Å². The van der Waals surface area contributed by atoms with Crippen LogP contribution < -0.4 is 10.2 Å². The Balaban J connectivity index is 1.78. The molecule has 1 amide bonds. The molecular weight excluding hydrogens is 358 g/mol. The summed E-state index contributed by atoms with van der Waals surface area (Å²) >= 11 is 1.45. The predicted molar refractivity (Wildman–Crippen MR) is 111 cm³/mol. The Bertz CT molecular complexity index is 723. The van der Waals surface area contributed by atoms with Gasteiger partial charge in [-0.1, -0.05) is 43.8 Å². The molecule has 0 atom stereocenters. The highest BCUT2D eigenvalue weighted by atomic mass is 32.2. The van der Waals surface area contributed by atoms with E-state index in [1.165, 1.54) is 31.0 Å². The Kier molecular flexibility index (Phi) is 7.15. The second-order valence-corrected chi connectivity index (χ2v) is 7.81. The summed E-state index contributed by atoms with van der Waals surface area (Å²) in [6, 6.07) is 10.4. The van der Waals surface area contributed by atoms with E-state index >= 15 is 0 Å². The largest absolute Gasteiger partial charge is 0.353 e. The second kappa shape index (κ2) is 9.78. The lowest BCUT2D eigenvalue weighted by Gasteiger charge is -2.27. The standard InChI is InChI=1S/C20H29N5OS/c1-3-16(4-2)21-18(26)15-27-20-23-22-19(24-13-9-6-10-14-24)25(20)17-11-7-5-8-12-17/h5,7-8,11-12,16H,3-4,6,9-10,13-15H2,1-2H3,(H,21,26). The van der Waals surface area contributed by atoms with Crippen molar-refractivity contribution < 1.29 is 4.79 Å². The predicted octanol–water partition coefficient (Wildman–Crippen LogP) is 3.65. The summed E-state index contributed by atoms with van der Waals surface area (Å²) in [5.41, 5.74) is 1.03. The zero-order valence-electron chi connectivity index (χ0n) is 16.2. The Hall–Kier alpha value is -2.02. The molecule has 27 heavy (non-hydrogen) atoms. The quantitative estimate of drug-likeness (QED) is 0.701. The molecule has 1 fully saturated rings. The van der Waals surface area contributed by atoms with Gasteiger partial charge in [-0.25, -0.2) is 0 Å². The molecule has 7 heteroatoms. The normalized spacial score (nSPS) is 14.6. The number of rotatable bonds is 8. The third-order valence-electron chi connectivity index (χ3n) is 4.95. The monoisotopic (exact) mass is 387 g/mol. The summed E-state index contributed by atoms with van der Waals surface area (Å²) in [6.07, 6.45) is 5.54. The maximum atomic E-state index is 12.3. The van der Waals surface area contributed by atoms with Gasteiger partial charge in [-0.2, -0.15) is 0 Å². The molecule has 0 spiro atoms. The van der Waals surface area contributed by atoms with E-state index in [1.54, 1.807) is 0 Å². The third kappa shape index (κ3) is 5.03. The molecular formula is C20H29N5OS. The lowest BCUT2D eigenvalue weighted by atomic mass is 10.1. The van der Waals surface area contributed by atoms with Gasteiger partial charge in [-0.3, -0.25) is 9.36 Å². The van der Waals surface area contributed by atoms with E-state index < -0.39 is 0 Å². The first kappa shape index (κ1) is 19.7. The lowest BCUT2D eigenvalue weighted by molar-refractivity contribution is -0.119. The van der Waals surface area contributed by atoms with E-state index in [9.17, 15) is 4.79 Å². The number of nitrogens with one attached hydrogen (secondary N) is 1. The third-order valence-corrected chi connectivity index (χ3v) is 5.88. The van der Waals surface area contributed by atoms with Gasteiger partial charge in [0.2, 0.25) is 11.9 Å². The van der Waals surface area contributed by atoms with Crippen molar-refractivity contribution in [3.63, 3.8) is 0 Å². The minimum Gasteiger partial charge on any atom is -0.353 e. The molecule has 0 radical (unpaired) electrons. The number of carbonyl (C=O) groups excluding carboxylic acids is 1. The van der Waals surface area contributed by atoms with Gasteiger partial charge >= 0.3 is 0 Å². The topological polar surface area (TPSA) is 63.1 Å².